The number of sulfonamides is 1. The van der Waals surface area contributed by atoms with E-state index in [0.717, 1.165) is 15.7 Å². The highest BCUT2D eigenvalue weighted by atomic mass is 127. The first-order chi connectivity index (χ1) is 9.38. The molecule has 2 rings (SSSR count). The third-order valence-corrected chi connectivity index (χ3v) is 4.71. The van der Waals surface area contributed by atoms with Crippen LogP contribution in [-0.4, -0.2) is 8.42 Å². The fourth-order valence-electron chi connectivity index (χ4n) is 1.53. The molecular weight excluding hydrogens is 399 g/mol. The van der Waals surface area contributed by atoms with Crippen molar-refractivity contribution in [1.82, 2.24) is 4.72 Å². The van der Waals surface area contributed by atoms with Crippen LogP contribution in [0.3, 0.4) is 0 Å². The van der Waals surface area contributed by atoms with Crippen molar-refractivity contribution in [1.29, 1.82) is 0 Å². The minimum Gasteiger partial charge on any atom is -0.207 e. The van der Waals surface area contributed by atoms with E-state index < -0.39 is 21.7 Å². The normalized spacial score (nSPS) is 11.6. The van der Waals surface area contributed by atoms with E-state index in [4.69, 9.17) is 0 Å². The summed E-state index contributed by atoms with van der Waals surface area (Å²) >= 11 is 2.07. The van der Waals surface area contributed by atoms with Crippen molar-refractivity contribution < 1.29 is 17.2 Å². The highest BCUT2D eigenvalue weighted by Crippen LogP contribution is 2.13. The summed E-state index contributed by atoms with van der Waals surface area (Å²) in [5, 5.41) is 0. The van der Waals surface area contributed by atoms with Gasteiger partial charge in [0.15, 0.2) is 11.6 Å². The molecule has 0 fully saturated rings. The zero-order valence-electron chi connectivity index (χ0n) is 10.1. The number of benzene rings is 2. The standard InChI is InChI=1S/C13H10F2INO2S/c14-12-6-1-9(7-13(12)15)8-17-20(18,19)11-4-2-10(16)3-5-11/h1-7,17H,8H2. The van der Waals surface area contributed by atoms with E-state index in [9.17, 15) is 17.2 Å². The summed E-state index contributed by atoms with van der Waals surface area (Å²) in [6.45, 7) is -0.106. The molecule has 2 aromatic carbocycles. The van der Waals surface area contributed by atoms with Gasteiger partial charge >= 0.3 is 0 Å². The Morgan fingerprint density at radius 3 is 2.25 bits per heavy atom. The van der Waals surface area contributed by atoms with Crippen molar-refractivity contribution in [2.24, 2.45) is 0 Å². The van der Waals surface area contributed by atoms with Gasteiger partial charge in [-0.15, -0.1) is 0 Å². The molecule has 0 aliphatic rings. The summed E-state index contributed by atoms with van der Waals surface area (Å²) in [6, 6.07) is 9.56. The van der Waals surface area contributed by atoms with Crippen LogP contribution in [0, 0.1) is 15.2 Å². The van der Waals surface area contributed by atoms with E-state index in [1.165, 1.54) is 18.2 Å². The van der Waals surface area contributed by atoms with Crippen LogP contribution in [0.4, 0.5) is 8.78 Å². The predicted molar refractivity (Wildman–Crippen MR) is 79.5 cm³/mol. The fraction of sp³-hybridized carbons (Fsp3) is 0.0769. The van der Waals surface area contributed by atoms with Crippen molar-refractivity contribution in [3.63, 3.8) is 0 Å². The second-order valence-electron chi connectivity index (χ2n) is 4.03. The third kappa shape index (κ3) is 3.74. The lowest BCUT2D eigenvalue weighted by atomic mass is 10.2. The maximum Gasteiger partial charge on any atom is 0.240 e. The van der Waals surface area contributed by atoms with Gasteiger partial charge in [0.1, 0.15) is 0 Å². The molecule has 0 saturated carbocycles. The third-order valence-electron chi connectivity index (χ3n) is 2.57. The number of halogens is 3. The molecular formula is C13H10F2INO2S. The van der Waals surface area contributed by atoms with Crippen LogP contribution < -0.4 is 4.72 Å². The first kappa shape index (κ1) is 15.3. The molecule has 0 unspecified atom stereocenters. The van der Waals surface area contributed by atoms with E-state index in [0.29, 0.717) is 5.56 Å². The molecule has 2 aromatic rings. The highest BCUT2D eigenvalue weighted by Gasteiger charge is 2.13. The maximum absolute atomic E-state index is 13.0. The van der Waals surface area contributed by atoms with Gasteiger partial charge in [0.25, 0.3) is 0 Å². The molecule has 0 radical (unpaired) electrons. The first-order valence-corrected chi connectivity index (χ1v) is 8.14. The van der Waals surface area contributed by atoms with Crippen LogP contribution in [0.25, 0.3) is 0 Å². The quantitative estimate of drug-likeness (QED) is 0.790. The molecule has 0 aliphatic heterocycles. The Morgan fingerprint density at radius 1 is 1.00 bits per heavy atom. The Labute approximate surface area is 129 Å². The molecule has 0 saturated heterocycles. The summed E-state index contributed by atoms with van der Waals surface area (Å²) < 4.78 is 53.0. The van der Waals surface area contributed by atoms with Gasteiger partial charge in [-0.05, 0) is 64.6 Å². The van der Waals surface area contributed by atoms with Gasteiger partial charge in [-0.25, -0.2) is 21.9 Å². The molecule has 0 aliphatic carbocycles. The second kappa shape index (κ2) is 6.15. The zero-order valence-corrected chi connectivity index (χ0v) is 13.1. The van der Waals surface area contributed by atoms with Gasteiger partial charge in [0.2, 0.25) is 10.0 Å². The van der Waals surface area contributed by atoms with Gasteiger partial charge in [0.05, 0.1) is 4.90 Å². The van der Waals surface area contributed by atoms with Crippen LogP contribution in [0.1, 0.15) is 5.56 Å². The average Bonchev–Trinajstić information content (AvgIpc) is 2.41. The largest absolute Gasteiger partial charge is 0.240 e. The van der Waals surface area contributed by atoms with E-state index in [1.807, 2.05) is 0 Å². The van der Waals surface area contributed by atoms with Gasteiger partial charge in [-0.1, -0.05) is 6.07 Å². The van der Waals surface area contributed by atoms with E-state index in [1.54, 1.807) is 12.1 Å². The SMILES string of the molecule is O=S(=O)(NCc1ccc(F)c(F)c1)c1ccc(I)cc1. The molecule has 0 spiro atoms. The minimum atomic E-state index is -3.67. The van der Waals surface area contributed by atoms with E-state index in [2.05, 4.69) is 27.3 Å². The fourth-order valence-corrected chi connectivity index (χ4v) is 2.90. The summed E-state index contributed by atoms with van der Waals surface area (Å²) in [7, 11) is -3.67. The summed E-state index contributed by atoms with van der Waals surface area (Å²) in [4.78, 5) is 0.125. The summed E-state index contributed by atoms with van der Waals surface area (Å²) in [5.41, 5.74) is 0.345. The average molecular weight is 409 g/mol. The smallest absolute Gasteiger partial charge is 0.207 e. The zero-order chi connectivity index (χ0) is 14.8. The van der Waals surface area contributed by atoms with Crippen molar-refractivity contribution in [3.8, 4) is 0 Å². The van der Waals surface area contributed by atoms with Crippen LogP contribution in [-0.2, 0) is 16.6 Å². The molecule has 0 aromatic heterocycles. The van der Waals surface area contributed by atoms with Crippen LogP contribution in [0.15, 0.2) is 47.4 Å². The Kier molecular flexibility index (Phi) is 4.71. The maximum atomic E-state index is 13.0. The van der Waals surface area contributed by atoms with Crippen molar-refractivity contribution in [2.45, 2.75) is 11.4 Å². The lowest BCUT2D eigenvalue weighted by Gasteiger charge is -2.07. The topological polar surface area (TPSA) is 46.2 Å². The molecule has 0 bridgehead atoms. The van der Waals surface area contributed by atoms with Crippen molar-refractivity contribution in [3.05, 3.63) is 63.2 Å². The molecule has 20 heavy (non-hydrogen) atoms. The Balaban J connectivity index is 2.13. The molecule has 106 valence electrons. The number of hydrogen-bond donors (Lipinski definition) is 1. The molecule has 0 atom stereocenters. The van der Waals surface area contributed by atoms with Crippen LogP contribution in [0.5, 0.6) is 0 Å². The number of rotatable bonds is 4. The number of nitrogens with one attached hydrogen (secondary N) is 1. The van der Waals surface area contributed by atoms with E-state index in [-0.39, 0.29) is 11.4 Å². The molecule has 1 N–H and O–H groups in total. The van der Waals surface area contributed by atoms with E-state index >= 15 is 0 Å². The Hall–Kier alpha value is -1.06. The molecule has 0 amide bonds. The Morgan fingerprint density at radius 2 is 1.65 bits per heavy atom. The van der Waals surface area contributed by atoms with Crippen LogP contribution >= 0.6 is 22.6 Å². The summed E-state index contributed by atoms with van der Waals surface area (Å²) in [6.07, 6.45) is 0. The van der Waals surface area contributed by atoms with Gasteiger partial charge in [-0.2, -0.15) is 0 Å². The minimum absolute atomic E-state index is 0.106. The lowest BCUT2D eigenvalue weighted by Crippen LogP contribution is -2.23. The van der Waals surface area contributed by atoms with Crippen molar-refractivity contribution >= 4 is 32.6 Å². The van der Waals surface area contributed by atoms with Crippen molar-refractivity contribution in [2.75, 3.05) is 0 Å². The molecule has 7 heteroatoms. The summed E-state index contributed by atoms with van der Waals surface area (Å²) in [5.74, 6) is -1.97. The van der Waals surface area contributed by atoms with Gasteiger partial charge in [0, 0.05) is 10.1 Å². The lowest BCUT2D eigenvalue weighted by molar-refractivity contribution is 0.506. The Bertz CT molecular complexity index is 718. The monoisotopic (exact) mass is 409 g/mol. The predicted octanol–water partition coefficient (Wildman–Crippen LogP) is 3.05. The highest BCUT2D eigenvalue weighted by molar-refractivity contribution is 14.1. The van der Waals surface area contributed by atoms with Crippen LogP contribution in [0.2, 0.25) is 0 Å². The second-order valence-corrected chi connectivity index (χ2v) is 7.04. The first-order valence-electron chi connectivity index (χ1n) is 5.58. The van der Waals surface area contributed by atoms with Gasteiger partial charge in [-0.3, -0.25) is 0 Å². The molecule has 0 heterocycles. The van der Waals surface area contributed by atoms with Gasteiger partial charge < -0.3 is 0 Å². The number of hydrogen-bond acceptors (Lipinski definition) is 2. The molecule has 3 nitrogen and oxygen atoms in total.